The van der Waals surface area contributed by atoms with E-state index in [9.17, 15) is 0 Å². The summed E-state index contributed by atoms with van der Waals surface area (Å²) in [4.78, 5) is 2.38. The van der Waals surface area contributed by atoms with E-state index in [0.717, 1.165) is 26.2 Å². The first-order valence-corrected chi connectivity index (χ1v) is 6.14. The van der Waals surface area contributed by atoms with Crippen LogP contribution in [0.5, 0.6) is 0 Å². The van der Waals surface area contributed by atoms with Crippen molar-refractivity contribution in [2.24, 2.45) is 0 Å². The molecule has 2 unspecified atom stereocenters. The van der Waals surface area contributed by atoms with E-state index in [4.69, 9.17) is 9.84 Å². The molecule has 1 aliphatic heterocycles. The third-order valence-electron chi connectivity index (χ3n) is 2.89. The van der Waals surface area contributed by atoms with Crippen molar-refractivity contribution < 1.29 is 9.84 Å². The van der Waals surface area contributed by atoms with E-state index < -0.39 is 0 Å². The summed E-state index contributed by atoms with van der Waals surface area (Å²) in [5.74, 6) is 0. The molecule has 96 valence electrons. The summed E-state index contributed by atoms with van der Waals surface area (Å²) >= 11 is 0. The summed E-state index contributed by atoms with van der Waals surface area (Å²) in [6.45, 7) is 12.4. The minimum Gasteiger partial charge on any atom is -0.394 e. The zero-order chi connectivity index (χ0) is 12.2. The lowest BCUT2D eigenvalue weighted by molar-refractivity contribution is -0.0774. The number of aliphatic hydroxyl groups excluding tert-OH is 1. The molecule has 0 aromatic heterocycles. The molecule has 0 aliphatic carbocycles. The molecule has 2 atom stereocenters. The third kappa shape index (κ3) is 4.78. The maximum Gasteiger partial charge on any atom is 0.0933 e. The summed E-state index contributed by atoms with van der Waals surface area (Å²) in [5.41, 5.74) is 0.173. The first kappa shape index (κ1) is 13.9. The minimum atomic E-state index is -0.00848. The summed E-state index contributed by atoms with van der Waals surface area (Å²) in [7, 11) is 0. The number of aliphatic hydroxyl groups is 1. The molecule has 0 bridgehead atoms. The van der Waals surface area contributed by atoms with Crippen LogP contribution >= 0.6 is 0 Å². The number of nitrogens with zero attached hydrogens (tertiary/aromatic N) is 1. The van der Waals surface area contributed by atoms with Crippen molar-refractivity contribution in [1.82, 2.24) is 10.2 Å². The molecular formula is C12H26N2O2. The lowest BCUT2D eigenvalue weighted by Gasteiger charge is -2.38. The van der Waals surface area contributed by atoms with Crippen LogP contribution in [0.2, 0.25) is 0 Å². The average molecular weight is 230 g/mol. The van der Waals surface area contributed by atoms with Gasteiger partial charge in [-0.15, -0.1) is 0 Å². The molecule has 0 saturated carbocycles. The Kier molecular flexibility index (Phi) is 5.18. The van der Waals surface area contributed by atoms with Crippen LogP contribution in [0.15, 0.2) is 0 Å². The Labute approximate surface area is 99.0 Å². The van der Waals surface area contributed by atoms with Gasteiger partial charge in [0.1, 0.15) is 0 Å². The highest BCUT2D eigenvalue weighted by atomic mass is 16.5. The second-order valence-corrected chi connectivity index (χ2v) is 5.66. The number of hydrogen-bond acceptors (Lipinski definition) is 4. The van der Waals surface area contributed by atoms with Crippen molar-refractivity contribution in [3.05, 3.63) is 0 Å². The third-order valence-corrected chi connectivity index (χ3v) is 2.89. The second-order valence-electron chi connectivity index (χ2n) is 5.66. The van der Waals surface area contributed by atoms with Gasteiger partial charge in [-0.2, -0.15) is 0 Å². The molecule has 0 aromatic rings. The quantitative estimate of drug-likeness (QED) is 0.736. The Balaban J connectivity index is 2.28. The molecule has 1 rings (SSSR count). The van der Waals surface area contributed by atoms with Gasteiger partial charge in [0, 0.05) is 31.2 Å². The van der Waals surface area contributed by atoms with Crippen LogP contribution in [0, 0.1) is 0 Å². The van der Waals surface area contributed by atoms with Crippen LogP contribution in [0.3, 0.4) is 0 Å². The zero-order valence-electron chi connectivity index (χ0n) is 11.0. The summed E-state index contributed by atoms with van der Waals surface area (Å²) in [5, 5.41) is 12.6. The van der Waals surface area contributed by atoms with Crippen molar-refractivity contribution in [1.29, 1.82) is 0 Å². The van der Waals surface area contributed by atoms with E-state index in [-0.39, 0.29) is 18.2 Å². The molecule has 1 aliphatic rings. The van der Waals surface area contributed by atoms with Gasteiger partial charge in [-0.25, -0.2) is 0 Å². The van der Waals surface area contributed by atoms with E-state index in [2.05, 4.69) is 37.9 Å². The van der Waals surface area contributed by atoms with Crippen LogP contribution in [-0.2, 0) is 4.74 Å². The molecule has 4 heteroatoms. The number of morpholine rings is 1. The van der Waals surface area contributed by atoms with Crippen molar-refractivity contribution in [2.45, 2.75) is 45.4 Å². The molecule has 1 fully saturated rings. The molecule has 4 nitrogen and oxygen atoms in total. The van der Waals surface area contributed by atoms with Crippen molar-refractivity contribution in [3.63, 3.8) is 0 Å². The van der Waals surface area contributed by atoms with Gasteiger partial charge in [0.05, 0.1) is 19.3 Å². The fourth-order valence-electron chi connectivity index (χ4n) is 1.87. The molecule has 0 radical (unpaired) electrons. The van der Waals surface area contributed by atoms with Gasteiger partial charge in [-0.3, -0.25) is 4.90 Å². The highest BCUT2D eigenvalue weighted by Gasteiger charge is 2.25. The second kappa shape index (κ2) is 5.96. The van der Waals surface area contributed by atoms with Gasteiger partial charge < -0.3 is 15.2 Å². The Morgan fingerprint density at radius 3 is 2.69 bits per heavy atom. The molecule has 1 saturated heterocycles. The van der Waals surface area contributed by atoms with Crippen LogP contribution in [0.25, 0.3) is 0 Å². The molecule has 16 heavy (non-hydrogen) atoms. The minimum absolute atomic E-state index is 0.00848. The van der Waals surface area contributed by atoms with Crippen LogP contribution < -0.4 is 5.32 Å². The van der Waals surface area contributed by atoms with Gasteiger partial charge in [-0.1, -0.05) is 0 Å². The van der Waals surface area contributed by atoms with Crippen LogP contribution in [0.4, 0.5) is 0 Å². The van der Waals surface area contributed by atoms with Gasteiger partial charge in [0.15, 0.2) is 0 Å². The summed E-state index contributed by atoms with van der Waals surface area (Å²) in [6, 6.07) is 0.449. The largest absolute Gasteiger partial charge is 0.394 e. The van der Waals surface area contributed by atoms with Crippen molar-refractivity contribution in [3.8, 4) is 0 Å². The lowest BCUT2D eigenvalue weighted by Crippen LogP contribution is -2.52. The lowest BCUT2D eigenvalue weighted by atomic mass is 10.1. The predicted octanol–water partition coefficient (Wildman–Crippen LogP) is 0.456. The zero-order valence-corrected chi connectivity index (χ0v) is 11.0. The number of ether oxygens (including phenoxy) is 1. The Morgan fingerprint density at radius 2 is 2.12 bits per heavy atom. The fourth-order valence-corrected chi connectivity index (χ4v) is 1.87. The molecule has 0 spiro atoms. The number of nitrogens with one attached hydrogen (secondary N) is 1. The molecule has 2 N–H and O–H groups in total. The maximum atomic E-state index is 9.08. The number of hydrogen-bond donors (Lipinski definition) is 2. The monoisotopic (exact) mass is 230 g/mol. The van der Waals surface area contributed by atoms with E-state index in [1.807, 2.05) is 0 Å². The topological polar surface area (TPSA) is 44.7 Å². The molecule has 0 amide bonds. The first-order chi connectivity index (χ1) is 7.42. The van der Waals surface area contributed by atoms with Gasteiger partial charge in [0.25, 0.3) is 0 Å². The SMILES string of the molecule is CC1COC(CO)CN1CCNC(C)(C)C. The van der Waals surface area contributed by atoms with Gasteiger partial charge >= 0.3 is 0 Å². The Hall–Kier alpha value is -0.160. The molecule has 1 heterocycles. The smallest absolute Gasteiger partial charge is 0.0933 e. The molecular weight excluding hydrogens is 204 g/mol. The Morgan fingerprint density at radius 1 is 1.44 bits per heavy atom. The maximum absolute atomic E-state index is 9.08. The summed E-state index contributed by atoms with van der Waals surface area (Å²) in [6.07, 6.45) is -0.00848. The normalized spacial score (nSPS) is 28.3. The van der Waals surface area contributed by atoms with E-state index in [1.54, 1.807) is 0 Å². The van der Waals surface area contributed by atoms with E-state index in [1.165, 1.54) is 0 Å². The number of rotatable bonds is 4. The first-order valence-electron chi connectivity index (χ1n) is 6.14. The van der Waals surface area contributed by atoms with Crippen LogP contribution in [-0.4, -0.2) is 60.5 Å². The van der Waals surface area contributed by atoms with Crippen molar-refractivity contribution >= 4 is 0 Å². The van der Waals surface area contributed by atoms with Gasteiger partial charge in [-0.05, 0) is 27.7 Å². The molecule has 0 aromatic carbocycles. The van der Waals surface area contributed by atoms with Gasteiger partial charge in [0.2, 0.25) is 0 Å². The Bertz CT molecular complexity index is 204. The highest BCUT2D eigenvalue weighted by molar-refractivity contribution is 4.79. The van der Waals surface area contributed by atoms with E-state index >= 15 is 0 Å². The summed E-state index contributed by atoms with van der Waals surface area (Å²) < 4.78 is 5.50. The predicted molar refractivity (Wildman–Crippen MR) is 65.6 cm³/mol. The van der Waals surface area contributed by atoms with Crippen LogP contribution in [0.1, 0.15) is 27.7 Å². The van der Waals surface area contributed by atoms with E-state index in [0.29, 0.717) is 6.04 Å². The van der Waals surface area contributed by atoms with Crippen molar-refractivity contribution in [2.75, 3.05) is 32.8 Å². The standard InChI is InChI=1S/C12H26N2O2/c1-10-9-16-11(8-15)7-14(10)6-5-13-12(2,3)4/h10-11,13,15H,5-9H2,1-4H3. The average Bonchev–Trinajstić information content (AvgIpc) is 2.19. The highest BCUT2D eigenvalue weighted by Crippen LogP contribution is 2.10. The fraction of sp³-hybridized carbons (Fsp3) is 1.00.